The highest BCUT2D eigenvalue weighted by molar-refractivity contribution is 7.98. The third kappa shape index (κ3) is 1.64. The second-order valence-corrected chi connectivity index (χ2v) is 5.39. The monoisotopic (exact) mass is 238 g/mol. The van der Waals surface area contributed by atoms with Crippen molar-refractivity contribution in [1.82, 2.24) is 9.55 Å². The molecule has 2 aromatic rings. The molecular formula is C11H11ClN2S. The van der Waals surface area contributed by atoms with E-state index in [4.69, 9.17) is 11.6 Å². The van der Waals surface area contributed by atoms with Crippen molar-refractivity contribution >= 4 is 34.4 Å². The number of benzene rings is 1. The molecule has 3 rings (SSSR count). The molecule has 1 atom stereocenters. The van der Waals surface area contributed by atoms with Gasteiger partial charge in [-0.15, -0.1) is 11.6 Å². The molecule has 1 aromatic heterocycles. The van der Waals surface area contributed by atoms with Crippen LogP contribution in [0.5, 0.6) is 0 Å². The van der Waals surface area contributed by atoms with Gasteiger partial charge in [0.05, 0.1) is 22.2 Å². The van der Waals surface area contributed by atoms with Crippen LogP contribution in [0.4, 0.5) is 0 Å². The van der Waals surface area contributed by atoms with Crippen molar-refractivity contribution in [3.8, 4) is 0 Å². The average molecular weight is 239 g/mol. The first-order valence-corrected chi connectivity index (χ1v) is 6.59. The van der Waals surface area contributed by atoms with Gasteiger partial charge in [-0.2, -0.15) is 11.8 Å². The minimum absolute atomic E-state index is 0.217. The molecule has 78 valence electrons. The predicted molar refractivity (Wildman–Crippen MR) is 65.5 cm³/mol. The maximum atomic E-state index is 6.24. The van der Waals surface area contributed by atoms with Gasteiger partial charge >= 0.3 is 0 Å². The predicted octanol–water partition coefficient (Wildman–Crippen LogP) is 2.89. The lowest BCUT2D eigenvalue weighted by atomic mass is 10.3. The molecule has 1 aromatic carbocycles. The molecule has 0 fully saturated rings. The van der Waals surface area contributed by atoms with Gasteiger partial charge in [0.1, 0.15) is 5.82 Å². The number of fused-ring (bicyclic) bond motifs is 3. The first-order chi connectivity index (χ1) is 7.34. The smallest absolute Gasteiger partial charge is 0.119 e. The van der Waals surface area contributed by atoms with Crippen LogP contribution in [0.25, 0.3) is 11.0 Å². The van der Waals surface area contributed by atoms with Crippen molar-refractivity contribution < 1.29 is 0 Å². The standard InChI is InChI=1S/C11H11ClN2S/c12-8-5-14-10-4-2-1-3-9(10)13-11(14)7-15-6-8/h1-4,8H,5-7H2/t8-/m1/s1. The Labute approximate surface area is 97.6 Å². The third-order valence-corrected chi connectivity index (χ3v) is 4.22. The molecule has 2 nitrogen and oxygen atoms in total. The quantitative estimate of drug-likeness (QED) is 0.657. The van der Waals surface area contributed by atoms with E-state index in [1.807, 2.05) is 17.8 Å². The minimum Gasteiger partial charge on any atom is -0.326 e. The molecule has 4 heteroatoms. The van der Waals surface area contributed by atoms with Crippen LogP contribution in [0.1, 0.15) is 5.82 Å². The normalized spacial score (nSPS) is 21.3. The molecule has 0 aliphatic carbocycles. The van der Waals surface area contributed by atoms with E-state index in [0.29, 0.717) is 0 Å². The number of alkyl halides is 1. The summed E-state index contributed by atoms with van der Waals surface area (Å²) < 4.78 is 2.26. The largest absolute Gasteiger partial charge is 0.326 e. The van der Waals surface area contributed by atoms with Crippen molar-refractivity contribution in [3.05, 3.63) is 30.1 Å². The summed E-state index contributed by atoms with van der Waals surface area (Å²) in [5.74, 6) is 3.14. The molecule has 0 amide bonds. The van der Waals surface area contributed by atoms with Crippen molar-refractivity contribution in [2.75, 3.05) is 5.75 Å². The van der Waals surface area contributed by atoms with Gasteiger partial charge in [-0.05, 0) is 12.1 Å². The highest BCUT2D eigenvalue weighted by atomic mass is 35.5. The van der Waals surface area contributed by atoms with Crippen LogP contribution in [0.15, 0.2) is 24.3 Å². The minimum atomic E-state index is 0.217. The zero-order valence-electron chi connectivity index (χ0n) is 8.19. The zero-order valence-corrected chi connectivity index (χ0v) is 9.76. The Morgan fingerprint density at radius 2 is 2.27 bits per heavy atom. The van der Waals surface area contributed by atoms with Crippen LogP contribution >= 0.6 is 23.4 Å². The number of hydrogen-bond donors (Lipinski definition) is 0. The number of halogens is 1. The third-order valence-electron chi connectivity index (χ3n) is 2.64. The molecule has 0 spiro atoms. The van der Waals surface area contributed by atoms with Crippen LogP contribution < -0.4 is 0 Å². The Morgan fingerprint density at radius 1 is 1.40 bits per heavy atom. The van der Waals surface area contributed by atoms with Crippen LogP contribution in [-0.4, -0.2) is 20.7 Å². The number of aromatic nitrogens is 2. The van der Waals surface area contributed by atoms with Gasteiger partial charge in [0.15, 0.2) is 0 Å². The summed E-state index contributed by atoms with van der Waals surface area (Å²) >= 11 is 8.10. The number of nitrogens with zero attached hydrogens (tertiary/aromatic N) is 2. The van der Waals surface area contributed by atoms with Crippen LogP contribution in [0.2, 0.25) is 0 Å². The topological polar surface area (TPSA) is 17.8 Å². The Morgan fingerprint density at radius 3 is 3.20 bits per heavy atom. The van der Waals surface area contributed by atoms with Gasteiger partial charge < -0.3 is 4.57 Å². The average Bonchev–Trinajstić information content (AvgIpc) is 2.47. The first kappa shape index (κ1) is 9.55. The van der Waals surface area contributed by atoms with Gasteiger partial charge in [0.2, 0.25) is 0 Å². The van der Waals surface area contributed by atoms with E-state index in [-0.39, 0.29) is 5.38 Å². The van der Waals surface area contributed by atoms with Crippen molar-refractivity contribution in [2.45, 2.75) is 17.7 Å². The molecule has 1 aliphatic heterocycles. The Kier molecular flexibility index (Phi) is 2.37. The van der Waals surface area contributed by atoms with E-state index >= 15 is 0 Å². The second-order valence-electron chi connectivity index (χ2n) is 3.74. The fraction of sp³-hybridized carbons (Fsp3) is 0.364. The summed E-state index contributed by atoms with van der Waals surface area (Å²) in [6.07, 6.45) is 0. The summed E-state index contributed by atoms with van der Waals surface area (Å²) in [7, 11) is 0. The first-order valence-electron chi connectivity index (χ1n) is 5.00. The maximum Gasteiger partial charge on any atom is 0.119 e. The number of para-hydroxylation sites is 2. The molecular weight excluding hydrogens is 228 g/mol. The van der Waals surface area contributed by atoms with Gasteiger partial charge in [-0.3, -0.25) is 0 Å². The second kappa shape index (κ2) is 3.72. The molecule has 0 radical (unpaired) electrons. The number of imidazole rings is 1. The van der Waals surface area contributed by atoms with Gasteiger partial charge in [0, 0.05) is 12.3 Å². The summed E-state index contributed by atoms with van der Waals surface area (Å²) in [5.41, 5.74) is 2.29. The van der Waals surface area contributed by atoms with E-state index in [0.717, 1.165) is 29.4 Å². The van der Waals surface area contributed by atoms with Gasteiger partial charge in [-0.1, -0.05) is 12.1 Å². The van der Waals surface area contributed by atoms with Crippen molar-refractivity contribution in [1.29, 1.82) is 0 Å². The Bertz CT molecular complexity index is 494. The maximum absolute atomic E-state index is 6.24. The van der Waals surface area contributed by atoms with Crippen LogP contribution in [0, 0.1) is 0 Å². The summed E-state index contributed by atoms with van der Waals surface area (Å²) in [6.45, 7) is 0.879. The summed E-state index contributed by atoms with van der Waals surface area (Å²) in [6, 6.07) is 8.26. The highest BCUT2D eigenvalue weighted by Crippen LogP contribution is 2.25. The number of thioether (sulfide) groups is 1. The lowest BCUT2D eigenvalue weighted by molar-refractivity contribution is 0.694. The fourth-order valence-electron chi connectivity index (χ4n) is 1.97. The van der Waals surface area contributed by atoms with E-state index < -0.39 is 0 Å². The molecule has 0 N–H and O–H groups in total. The van der Waals surface area contributed by atoms with Crippen molar-refractivity contribution in [2.24, 2.45) is 0 Å². The molecule has 0 unspecified atom stereocenters. The van der Waals surface area contributed by atoms with Crippen LogP contribution in [-0.2, 0) is 12.3 Å². The summed E-state index contributed by atoms with van der Waals surface area (Å²) in [5, 5.41) is 0.217. The number of hydrogen-bond acceptors (Lipinski definition) is 2. The van der Waals surface area contributed by atoms with E-state index in [2.05, 4.69) is 27.8 Å². The lowest BCUT2D eigenvalue weighted by Gasteiger charge is -2.07. The van der Waals surface area contributed by atoms with E-state index in [1.54, 1.807) is 0 Å². The van der Waals surface area contributed by atoms with Crippen molar-refractivity contribution in [3.63, 3.8) is 0 Å². The number of rotatable bonds is 0. The molecule has 2 heterocycles. The van der Waals surface area contributed by atoms with Crippen LogP contribution in [0.3, 0.4) is 0 Å². The fourth-order valence-corrected chi connectivity index (χ4v) is 3.26. The lowest BCUT2D eigenvalue weighted by Crippen LogP contribution is -2.11. The van der Waals surface area contributed by atoms with Gasteiger partial charge in [-0.25, -0.2) is 4.98 Å². The zero-order chi connectivity index (χ0) is 10.3. The molecule has 0 saturated carbocycles. The van der Waals surface area contributed by atoms with E-state index in [9.17, 15) is 0 Å². The highest BCUT2D eigenvalue weighted by Gasteiger charge is 2.17. The Hall–Kier alpha value is -0.670. The molecule has 0 bridgehead atoms. The molecule has 0 saturated heterocycles. The molecule has 15 heavy (non-hydrogen) atoms. The van der Waals surface area contributed by atoms with E-state index in [1.165, 1.54) is 5.52 Å². The molecule has 1 aliphatic rings. The van der Waals surface area contributed by atoms with Gasteiger partial charge in [0.25, 0.3) is 0 Å². The Balaban J connectivity index is 2.20. The summed E-state index contributed by atoms with van der Waals surface area (Å²) in [4.78, 5) is 4.63. The SMILES string of the molecule is Cl[C@H]1CSCc2nc3ccccc3n2C1.